The fourth-order valence-electron chi connectivity index (χ4n) is 2.99. The third-order valence-corrected chi connectivity index (χ3v) is 3.94. The molecule has 0 bridgehead atoms. The summed E-state index contributed by atoms with van der Waals surface area (Å²) in [5.74, 6) is 0.104. The van der Waals surface area contributed by atoms with Gasteiger partial charge in [0.05, 0.1) is 5.69 Å². The normalized spacial score (nSPS) is 16.0. The maximum Gasteiger partial charge on any atom is 0.221 e. The maximum absolute atomic E-state index is 12.3. The number of anilines is 1. The van der Waals surface area contributed by atoms with Crippen LogP contribution in [0.3, 0.4) is 0 Å². The molecule has 6 heteroatoms. The van der Waals surface area contributed by atoms with E-state index in [9.17, 15) is 14.8 Å². The summed E-state index contributed by atoms with van der Waals surface area (Å²) >= 11 is 0. The zero-order chi connectivity index (χ0) is 16.8. The lowest BCUT2D eigenvalue weighted by Gasteiger charge is -2.27. The van der Waals surface area contributed by atoms with Gasteiger partial charge in [0.25, 0.3) is 0 Å². The summed E-state index contributed by atoms with van der Waals surface area (Å²) in [7, 11) is 0. The summed E-state index contributed by atoms with van der Waals surface area (Å²) < 4.78 is 0.889. The van der Waals surface area contributed by atoms with E-state index in [2.05, 4.69) is 10.3 Å². The Morgan fingerprint density at radius 3 is 2.52 bits per heavy atom. The van der Waals surface area contributed by atoms with Crippen molar-refractivity contribution in [3.8, 4) is 11.4 Å². The molecule has 3 rings (SSSR count). The molecule has 120 valence electrons. The molecular formula is C17H19N3O3. The first kappa shape index (κ1) is 15.3. The van der Waals surface area contributed by atoms with Gasteiger partial charge in [-0.1, -0.05) is 13.8 Å². The van der Waals surface area contributed by atoms with Crippen molar-refractivity contribution in [3.05, 3.63) is 35.7 Å². The van der Waals surface area contributed by atoms with Gasteiger partial charge in [0.15, 0.2) is 11.6 Å². The smallest absolute Gasteiger partial charge is 0.221 e. The Labute approximate surface area is 134 Å². The number of imidazole rings is 1. The number of carbonyl (C=O) groups excluding carboxylic acids is 2. The minimum absolute atomic E-state index is 0.0904. The van der Waals surface area contributed by atoms with Crippen molar-refractivity contribution in [2.24, 2.45) is 5.41 Å². The third-order valence-electron chi connectivity index (χ3n) is 3.94. The van der Waals surface area contributed by atoms with Crippen LogP contribution in [0.25, 0.3) is 11.4 Å². The molecule has 1 aliphatic carbocycles. The van der Waals surface area contributed by atoms with Crippen LogP contribution in [0.5, 0.6) is 0 Å². The van der Waals surface area contributed by atoms with E-state index in [4.69, 9.17) is 0 Å². The van der Waals surface area contributed by atoms with Gasteiger partial charge in [-0.25, -0.2) is 4.98 Å². The average molecular weight is 313 g/mol. The van der Waals surface area contributed by atoms with Crippen LogP contribution in [-0.2, 0) is 11.2 Å². The number of benzene rings is 1. The van der Waals surface area contributed by atoms with Gasteiger partial charge in [0.1, 0.15) is 5.69 Å². The number of aromatic nitrogens is 2. The topological polar surface area (TPSA) is 84.2 Å². The van der Waals surface area contributed by atoms with Crippen molar-refractivity contribution in [1.29, 1.82) is 0 Å². The van der Waals surface area contributed by atoms with Crippen LogP contribution >= 0.6 is 0 Å². The largest absolute Gasteiger partial charge is 0.426 e. The summed E-state index contributed by atoms with van der Waals surface area (Å²) in [6.07, 6.45) is 1.05. The molecule has 0 unspecified atom stereocenters. The van der Waals surface area contributed by atoms with Crippen molar-refractivity contribution in [2.45, 2.75) is 33.6 Å². The van der Waals surface area contributed by atoms with Crippen molar-refractivity contribution in [1.82, 2.24) is 9.71 Å². The van der Waals surface area contributed by atoms with Crippen LogP contribution in [0.4, 0.5) is 5.69 Å². The summed E-state index contributed by atoms with van der Waals surface area (Å²) in [5.41, 5.74) is 2.12. The maximum atomic E-state index is 12.3. The SMILES string of the molecule is CC(=O)Nc1ccc(-c2nc3c(n2O)C(=O)CC(C)(C)C3)cc1. The molecule has 0 saturated heterocycles. The molecule has 1 heterocycles. The van der Waals surface area contributed by atoms with Crippen LogP contribution in [0.1, 0.15) is 43.4 Å². The number of ketones is 1. The van der Waals surface area contributed by atoms with E-state index in [0.29, 0.717) is 35.6 Å². The number of hydrogen-bond acceptors (Lipinski definition) is 4. The molecule has 1 amide bonds. The van der Waals surface area contributed by atoms with Gasteiger partial charge in [-0.15, -0.1) is 0 Å². The van der Waals surface area contributed by atoms with E-state index >= 15 is 0 Å². The van der Waals surface area contributed by atoms with Gasteiger partial charge in [-0.05, 0) is 36.1 Å². The molecule has 0 aliphatic heterocycles. The van der Waals surface area contributed by atoms with Crippen LogP contribution in [0, 0.1) is 5.41 Å². The predicted molar refractivity (Wildman–Crippen MR) is 85.6 cm³/mol. The van der Waals surface area contributed by atoms with Crippen LogP contribution in [0.2, 0.25) is 0 Å². The predicted octanol–water partition coefficient (Wildman–Crippen LogP) is 2.90. The monoisotopic (exact) mass is 313 g/mol. The number of nitrogens with zero attached hydrogens (tertiary/aromatic N) is 2. The Kier molecular flexibility index (Phi) is 3.47. The highest BCUT2D eigenvalue weighted by atomic mass is 16.5. The van der Waals surface area contributed by atoms with Crippen LogP contribution < -0.4 is 5.32 Å². The number of fused-ring (bicyclic) bond motifs is 1. The van der Waals surface area contributed by atoms with Gasteiger partial charge in [0.2, 0.25) is 5.91 Å². The zero-order valence-electron chi connectivity index (χ0n) is 13.4. The molecule has 0 saturated carbocycles. The molecule has 1 aliphatic rings. The Balaban J connectivity index is 1.99. The quantitative estimate of drug-likeness (QED) is 0.835. The molecule has 1 aromatic heterocycles. The molecular weight excluding hydrogens is 294 g/mol. The highest BCUT2D eigenvalue weighted by Crippen LogP contribution is 2.36. The first-order valence-corrected chi connectivity index (χ1v) is 7.49. The highest BCUT2D eigenvalue weighted by molar-refractivity contribution is 5.97. The minimum Gasteiger partial charge on any atom is -0.426 e. The van der Waals surface area contributed by atoms with Gasteiger partial charge in [-0.2, -0.15) is 4.73 Å². The second-order valence-corrected chi connectivity index (χ2v) is 6.74. The Bertz CT molecular complexity index is 788. The van der Waals surface area contributed by atoms with Crippen molar-refractivity contribution >= 4 is 17.4 Å². The van der Waals surface area contributed by atoms with E-state index in [-0.39, 0.29) is 22.8 Å². The summed E-state index contributed by atoms with van der Waals surface area (Å²) in [6.45, 7) is 5.48. The zero-order valence-corrected chi connectivity index (χ0v) is 13.4. The van der Waals surface area contributed by atoms with E-state index in [1.807, 2.05) is 13.8 Å². The molecule has 2 N–H and O–H groups in total. The van der Waals surface area contributed by atoms with Crippen LogP contribution in [-0.4, -0.2) is 26.6 Å². The number of rotatable bonds is 2. The van der Waals surface area contributed by atoms with Crippen LogP contribution in [0.15, 0.2) is 24.3 Å². The van der Waals surface area contributed by atoms with Gasteiger partial charge in [0, 0.05) is 24.6 Å². The fourth-order valence-corrected chi connectivity index (χ4v) is 2.99. The minimum atomic E-state index is -0.148. The number of Topliss-reactive ketones (excluding diaryl/α,β-unsaturated/α-hetero) is 1. The Hall–Kier alpha value is -2.63. The van der Waals surface area contributed by atoms with Gasteiger partial charge >= 0.3 is 0 Å². The van der Waals surface area contributed by atoms with Crippen molar-refractivity contribution in [2.75, 3.05) is 5.32 Å². The fraction of sp³-hybridized carbons (Fsp3) is 0.353. The molecule has 6 nitrogen and oxygen atoms in total. The van der Waals surface area contributed by atoms with E-state index in [1.165, 1.54) is 6.92 Å². The number of hydrogen-bond donors (Lipinski definition) is 2. The highest BCUT2D eigenvalue weighted by Gasteiger charge is 2.36. The average Bonchev–Trinajstić information content (AvgIpc) is 2.74. The second kappa shape index (κ2) is 5.22. The molecule has 2 aromatic rings. The van der Waals surface area contributed by atoms with E-state index in [1.54, 1.807) is 24.3 Å². The second-order valence-electron chi connectivity index (χ2n) is 6.74. The van der Waals surface area contributed by atoms with Crippen molar-refractivity contribution in [3.63, 3.8) is 0 Å². The molecule has 0 fully saturated rings. The molecule has 23 heavy (non-hydrogen) atoms. The van der Waals surface area contributed by atoms with Gasteiger partial charge < -0.3 is 10.5 Å². The first-order valence-electron chi connectivity index (χ1n) is 7.49. The lowest BCUT2D eigenvalue weighted by molar-refractivity contribution is -0.114. The first-order chi connectivity index (χ1) is 10.8. The Morgan fingerprint density at radius 2 is 1.91 bits per heavy atom. The number of nitrogens with one attached hydrogen (secondary N) is 1. The molecule has 0 spiro atoms. The van der Waals surface area contributed by atoms with Gasteiger partial charge in [-0.3, -0.25) is 9.59 Å². The molecule has 0 atom stereocenters. The standard InChI is InChI=1S/C17H19N3O3/c1-10(21)18-12-6-4-11(5-7-12)16-19-13-8-17(2,3)9-14(22)15(13)20(16)23/h4-7,23H,8-9H2,1-3H3,(H,18,21). The Morgan fingerprint density at radius 1 is 1.26 bits per heavy atom. The third kappa shape index (κ3) is 2.84. The molecule has 0 radical (unpaired) electrons. The van der Waals surface area contributed by atoms with Crippen molar-refractivity contribution < 1.29 is 14.8 Å². The number of carbonyl (C=O) groups is 2. The lowest BCUT2D eigenvalue weighted by atomic mass is 9.77. The van der Waals surface area contributed by atoms with E-state index in [0.717, 1.165) is 4.73 Å². The summed E-state index contributed by atoms with van der Waals surface area (Å²) in [5, 5.41) is 13.0. The summed E-state index contributed by atoms with van der Waals surface area (Å²) in [6, 6.07) is 6.97. The summed E-state index contributed by atoms with van der Waals surface area (Å²) in [4.78, 5) is 27.8. The van der Waals surface area contributed by atoms with E-state index < -0.39 is 0 Å². The lowest BCUT2D eigenvalue weighted by Crippen LogP contribution is -2.28. The molecule has 1 aromatic carbocycles. The number of amides is 1.